The number of benzene rings is 1. The molecule has 0 saturated carbocycles. The van der Waals surface area contributed by atoms with Gasteiger partial charge in [-0.3, -0.25) is 19.7 Å². The van der Waals surface area contributed by atoms with Gasteiger partial charge in [0, 0.05) is 41.5 Å². The molecule has 1 aliphatic rings. The highest BCUT2D eigenvalue weighted by Gasteiger charge is 2.27. The van der Waals surface area contributed by atoms with Gasteiger partial charge in [0.05, 0.1) is 12.1 Å². The molecule has 3 N–H and O–H groups in total. The summed E-state index contributed by atoms with van der Waals surface area (Å²) in [6.45, 7) is 0.118. The largest absolute Gasteiger partial charge is 0.502 e. The van der Waals surface area contributed by atoms with Gasteiger partial charge in [0.1, 0.15) is 12.0 Å². The first-order chi connectivity index (χ1) is 13.5. The molecule has 0 spiro atoms. The van der Waals surface area contributed by atoms with E-state index in [1.807, 2.05) is 29.1 Å². The molecule has 8 nitrogen and oxygen atoms in total. The summed E-state index contributed by atoms with van der Waals surface area (Å²) in [5.41, 5.74) is 1.42. The molecule has 1 aliphatic heterocycles. The smallest absolute Gasteiger partial charge is 0.260 e. The van der Waals surface area contributed by atoms with Crippen LogP contribution in [-0.4, -0.2) is 21.5 Å². The number of fused-ring (bicyclic) bond motifs is 1. The van der Waals surface area contributed by atoms with Crippen LogP contribution < -0.4 is 16.1 Å². The van der Waals surface area contributed by atoms with E-state index in [4.69, 9.17) is 4.42 Å². The highest BCUT2D eigenvalue weighted by atomic mass is 16.4. The monoisotopic (exact) mass is 377 g/mol. The van der Waals surface area contributed by atoms with Crippen LogP contribution in [0.3, 0.4) is 0 Å². The molecule has 0 aliphatic carbocycles. The van der Waals surface area contributed by atoms with Crippen LogP contribution >= 0.6 is 0 Å². The molecule has 3 aromatic rings. The maximum absolute atomic E-state index is 12.4. The van der Waals surface area contributed by atoms with Gasteiger partial charge in [0.15, 0.2) is 5.75 Å². The van der Waals surface area contributed by atoms with Crippen LogP contribution in [0, 0.1) is 0 Å². The van der Waals surface area contributed by atoms with Gasteiger partial charge in [-0.05, 0) is 30.3 Å². The van der Waals surface area contributed by atoms with Crippen molar-refractivity contribution in [2.45, 2.75) is 6.54 Å². The number of aromatic nitrogens is 1. The van der Waals surface area contributed by atoms with Gasteiger partial charge < -0.3 is 19.4 Å². The van der Waals surface area contributed by atoms with E-state index in [1.54, 1.807) is 18.2 Å². The lowest BCUT2D eigenvalue weighted by atomic mass is 9.95. The minimum Gasteiger partial charge on any atom is -0.502 e. The molecule has 1 aromatic carbocycles. The Kier molecular flexibility index (Phi) is 4.29. The summed E-state index contributed by atoms with van der Waals surface area (Å²) in [5, 5.41) is 14.4. The molecule has 8 heteroatoms. The van der Waals surface area contributed by atoms with Crippen LogP contribution in [0.4, 0.5) is 0 Å². The van der Waals surface area contributed by atoms with Gasteiger partial charge in [-0.2, -0.15) is 0 Å². The maximum atomic E-state index is 12.4. The number of carbonyl (C=O) groups is 2. The molecule has 0 bridgehead atoms. The topological polar surface area (TPSA) is 114 Å². The van der Waals surface area contributed by atoms with Crippen molar-refractivity contribution in [3.8, 4) is 11.4 Å². The van der Waals surface area contributed by atoms with E-state index in [2.05, 4.69) is 10.6 Å². The standard InChI is InChI=1S/C20H15N3O5/c24-17-8-13(28-11-18(17)25)9-21-10-16-15-7-12(23-5-1-2-6-23)3-4-14(15)19(26)22-20(16)27/h1-8,10-11,21,25H,9H2,(H,22,26,27). The molecule has 3 heterocycles. The van der Waals surface area contributed by atoms with E-state index in [0.29, 0.717) is 11.1 Å². The maximum Gasteiger partial charge on any atom is 0.260 e. The van der Waals surface area contributed by atoms with Crippen molar-refractivity contribution in [3.05, 3.63) is 88.4 Å². The third kappa shape index (κ3) is 3.18. The van der Waals surface area contributed by atoms with Crippen LogP contribution in [0.5, 0.6) is 5.75 Å². The normalized spacial score (nSPS) is 14.6. The average molecular weight is 377 g/mol. The van der Waals surface area contributed by atoms with Crippen molar-refractivity contribution in [1.82, 2.24) is 15.2 Å². The predicted molar refractivity (Wildman–Crippen MR) is 99.7 cm³/mol. The van der Waals surface area contributed by atoms with Crippen LogP contribution in [0.25, 0.3) is 11.3 Å². The van der Waals surface area contributed by atoms with E-state index in [0.717, 1.165) is 18.0 Å². The predicted octanol–water partition coefficient (Wildman–Crippen LogP) is 1.54. The minimum atomic E-state index is -0.557. The number of imide groups is 1. The Morgan fingerprint density at radius 3 is 2.61 bits per heavy atom. The van der Waals surface area contributed by atoms with E-state index >= 15 is 0 Å². The molecular formula is C20H15N3O5. The SMILES string of the molecule is O=C1NC(=O)c2ccc(-n3cccc3)cc2C1=CNCc1cc(=O)c(O)co1. The number of nitrogens with one attached hydrogen (secondary N) is 2. The highest BCUT2D eigenvalue weighted by molar-refractivity contribution is 6.31. The first kappa shape index (κ1) is 17.3. The molecule has 0 radical (unpaired) electrons. The number of aromatic hydroxyl groups is 1. The number of nitrogens with zero attached hydrogens (tertiary/aromatic N) is 1. The summed E-state index contributed by atoms with van der Waals surface area (Å²) in [7, 11) is 0. The molecular weight excluding hydrogens is 362 g/mol. The Morgan fingerprint density at radius 2 is 1.86 bits per heavy atom. The minimum absolute atomic E-state index is 0.118. The zero-order valence-corrected chi connectivity index (χ0v) is 14.5. The molecule has 4 rings (SSSR count). The van der Waals surface area contributed by atoms with Gasteiger partial charge in [0.2, 0.25) is 5.43 Å². The van der Waals surface area contributed by atoms with Gasteiger partial charge in [-0.25, -0.2) is 0 Å². The number of rotatable bonds is 4. The first-order valence-electron chi connectivity index (χ1n) is 8.40. The summed E-state index contributed by atoms with van der Waals surface area (Å²) in [6.07, 6.45) is 6.14. The Labute approximate surface area is 158 Å². The second-order valence-corrected chi connectivity index (χ2v) is 6.14. The second-order valence-electron chi connectivity index (χ2n) is 6.14. The molecule has 0 atom stereocenters. The highest BCUT2D eigenvalue weighted by Crippen LogP contribution is 2.26. The molecule has 2 aromatic heterocycles. The Morgan fingerprint density at radius 1 is 1.07 bits per heavy atom. The summed E-state index contributed by atoms with van der Waals surface area (Å²) in [4.78, 5) is 35.9. The number of amides is 2. The lowest BCUT2D eigenvalue weighted by Gasteiger charge is -2.19. The lowest BCUT2D eigenvalue weighted by Crippen LogP contribution is -2.37. The second kappa shape index (κ2) is 6.92. The Balaban J connectivity index is 1.66. The summed E-state index contributed by atoms with van der Waals surface area (Å²) in [6, 6.07) is 10.1. The molecule has 0 saturated heterocycles. The van der Waals surface area contributed by atoms with Gasteiger partial charge in [-0.1, -0.05) is 0 Å². The third-order valence-corrected chi connectivity index (χ3v) is 4.30. The molecule has 28 heavy (non-hydrogen) atoms. The van der Waals surface area contributed by atoms with Crippen molar-refractivity contribution in [3.63, 3.8) is 0 Å². The van der Waals surface area contributed by atoms with E-state index in [9.17, 15) is 19.5 Å². The van der Waals surface area contributed by atoms with Crippen LogP contribution in [0.1, 0.15) is 21.7 Å². The fourth-order valence-corrected chi connectivity index (χ4v) is 2.91. The van der Waals surface area contributed by atoms with E-state index < -0.39 is 23.0 Å². The van der Waals surface area contributed by atoms with Gasteiger partial charge in [0.25, 0.3) is 11.8 Å². The number of carbonyl (C=O) groups excluding carboxylic acids is 2. The van der Waals surface area contributed by atoms with Crippen LogP contribution in [0.2, 0.25) is 0 Å². The quantitative estimate of drug-likeness (QED) is 0.469. The lowest BCUT2D eigenvalue weighted by molar-refractivity contribution is -0.114. The number of hydrogen-bond acceptors (Lipinski definition) is 6. The van der Waals surface area contributed by atoms with Crippen molar-refractivity contribution in [1.29, 1.82) is 0 Å². The van der Waals surface area contributed by atoms with Crippen molar-refractivity contribution < 1.29 is 19.1 Å². The molecule has 140 valence electrons. The van der Waals surface area contributed by atoms with E-state index in [-0.39, 0.29) is 17.9 Å². The summed E-state index contributed by atoms with van der Waals surface area (Å²) < 4.78 is 6.98. The van der Waals surface area contributed by atoms with E-state index in [1.165, 1.54) is 6.20 Å². The fourth-order valence-electron chi connectivity index (χ4n) is 2.91. The average Bonchev–Trinajstić information content (AvgIpc) is 3.21. The van der Waals surface area contributed by atoms with Crippen LogP contribution in [0.15, 0.2) is 70.5 Å². The zero-order chi connectivity index (χ0) is 19.7. The summed E-state index contributed by atoms with van der Waals surface area (Å²) >= 11 is 0. The Hall–Kier alpha value is -4.07. The molecule has 0 unspecified atom stereocenters. The summed E-state index contributed by atoms with van der Waals surface area (Å²) in [5.74, 6) is -1.17. The van der Waals surface area contributed by atoms with Gasteiger partial charge >= 0.3 is 0 Å². The first-order valence-corrected chi connectivity index (χ1v) is 8.40. The molecule has 2 amide bonds. The third-order valence-electron chi connectivity index (χ3n) is 4.30. The fraction of sp³-hybridized carbons (Fsp3) is 0.0500. The van der Waals surface area contributed by atoms with Crippen molar-refractivity contribution in [2.75, 3.05) is 0 Å². The molecule has 0 fully saturated rings. The Bertz CT molecular complexity index is 1160. The number of hydrogen-bond donors (Lipinski definition) is 3. The zero-order valence-electron chi connectivity index (χ0n) is 14.5. The van der Waals surface area contributed by atoms with Crippen molar-refractivity contribution >= 4 is 17.4 Å². The van der Waals surface area contributed by atoms with Crippen molar-refractivity contribution in [2.24, 2.45) is 0 Å². The van der Waals surface area contributed by atoms with Gasteiger partial charge in [-0.15, -0.1) is 0 Å². The van der Waals surface area contributed by atoms with Crippen LogP contribution in [-0.2, 0) is 11.3 Å².